The molecule has 6 rings (SSSR count). The summed E-state index contributed by atoms with van der Waals surface area (Å²) in [5.74, 6) is -0.144. The Morgan fingerprint density at radius 1 is 0.696 bits per heavy atom. The largest absolute Gasteiger partial charge is 0.399 e. The van der Waals surface area contributed by atoms with E-state index in [1.807, 2.05) is 30.3 Å². The van der Waals surface area contributed by atoms with E-state index >= 15 is 0 Å². The highest BCUT2D eigenvalue weighted by Crippen LogP contribution is 2.57. The first kappa shape index (κ1) is 12.7. The fourth-order valence-electron chi connectivity index (χ4n) is 4.33. The summed E-state index contributed by atoms with van der Waals surface area (Å²) in [6, 6.07) is 17.2. The van der Waals surface area contributed by atoms with Crippen LogP contribution in [0.25, 0.3) is 0 Å². The summed E-state index contributed by atoms with van der Waals surface area (Å²) in [4.78, 5) is 0. The van der Waals surface area contributed by atoms with Gasteiger partial charge < -0.3 is 11.5 Å². The molecule has 4 N–H and O–H groups in total. The van der Waals surface area contributed by atoms with E-state index in [-0.39, 0.29) is 17.7 Å². The average molecular weight is 302 g/mol. The molecule has 0 fully saturated rings. The SMILES string of the molecule is Nc1ccc2c(c1)C1c3ccc(F)cc3C2c2c(N)cccc21. The first-order valence-corrected chi connectivity index (χ1v) is 7.72. The Kier molecular flexibility index (Phi) is 2.28. The molecule has 0 aromatic heterocycles. The predicted octanol–water partition coefficient (Wildman–Crippen LogP) is 3.98. The molecule has 0 radical (unpaired) electrons. The van der Waals surface area contributed by atoms with Crippen LogP contribution in [0.5, 0.6) is 0 Å². The fraction of sp³-hybridized carbons (Fsp3) is 0.100. The lowest BCUT2D eigenvalue weighted by Gasteiger charge is -2.42. The highest BCUT2D eigenvalue weighted by atomic mass is 19.1. The van der Waals surface area contributed by atoms with E-state index in [9.17, 15) is 4.39 Å². The number of anilines is 2. The van der Waals surface area contributed by atoms with Crippen molar-refractivity contribution in [1.82, 2.24) is 0 Å². The molecule has 112 valence electrons. The third kappa shape index (κ3) is 1.51. The normalized spacial score (nSPS) is 19.9. The molecule has 3 aromatic rings. The van der Waals surface area contributed by atoms with Crippen molar-refractivity contribution in [2.75, 3.05) is 11.5 Å². The molecule has 0 heterocycles. The van der Waals surface area contributed by atoms with Crippen molar-refractivity contribution in [3.05, 3.63) is 93.8 Å². The second-order valence-corrected chi connectivity index (χ2v) is 6.38. The summed E-state index contributed by atoms with van der Waals surface area (Å²) in [5, 5.41) is 0. The van der Waals surface area contributed by atoms with E-state index in [2.05, 4.69) is 12.1 Å². The second-order valence-electron chi connectivity index (χ2n) is 6.38. The third-order valence-corrected chi connectivity index (χ3v) is 5.18. The number of halogens is 1. The number of nitrogens with two attached hydrogens (primary N) is 2. The van der Waals surface area contributed by atoms with E-state index < -0.39 is 0 Å². The number of rotatable bonds is 0. The summed E-state index contributed by atoms with van der Waals surface area (Å²) in [6.45, 7) is 0. The summed E-state index contributed by atoms with van der Waals surface area (Å²) in [7, 11) is 0. The van der Waals surface area contributed by atoms with Gasteiger partial charge in [-0.05, 0) is 63.7 Å². The fourth-order valence-corrected chi connectivity index (χ4v) is 4.33. The average Bonchev–Trinajstić information content (AvgIpc) is 2.54. The van der Waals surface area contributed by atoms with Crippen molar-refractivity contribution >= 4 is 11.4 Å². The van der Waals surface area contributed by atoms with E-state index in [1.54, 1.807) is 6.07 Å². The molecular formula is C20H15FN2. The van der Waals surface area contributed by atoms with Gasteiger partial charge in [-0.1, -0.05) is 24.3 Å². The zero-order valence-corrected chi connectivity index (χ0v) is 12.4. The van der Waals surface area contributed by atoms with Gasteiger partial charge in [-0.15, -0.1) is 0 Å². The number of benzene rings is 3. The monoisotopic (exact) mass is 302 g/mol. The van der Waals surface area contributed by atoms with Gasteiger partial charge in [-0.2, -0.15) is 0 Å². The molecular weight excluding hydrogens is 287 g/mol. The zero-order valence-electron chi connectivity index (χ0n) is 12.4. The van der Waals surface area contributed by atoms with Gasteiger partial charge in [-0.25, -0.2) is 4.39 Å². The van der Waals surface area contributed by atoms with Crippen LogP contribution < -0.4 is 11.5 Å². The van der Waals surface area contributed by atoms with Crippen LogP contribution in [0, 0.1) is 5.82 Å². The van der Waals surface area contributed by atoms with Crippen LogP contribution in [-0.4, -0.2) is 0 Å². The van der Waals surface area contributed by atoms with Crippen molar-refractivity contribution in [2.45, 2.75) is 11.8 Å². The van der Waals surface area contributed by atoms with Crippen molar-refractivity contribution in [2.24, 2.45) is 0 Å². The van der Waals surface area contributed by atoms with Gasteiger partial charge >= 0.3 is 0 Å². The molecule has 3 heteroatoms. The first-order chi connectivity index (χ1) is 11.1. The van der Waals surface area contributed by atoms with Crippen LogP contribution in [0.4, 0.5) is 15.8 Å². The van der Waals surface area contributed by atoms with Gasteiger partial charge in [0.15, 0.2) is 0 Å². The highest BCUT2D eigenvalue weighted by molar-refractivity contribution is 5.74. The Labute approximate surface area is 133 Å². The Morgan fingerprint density at radius 2 is 1.43 bits per heavy atom. The van der Waals surface area contributed by atoms with Gasteiger partial charge in [0.2, 0.25) is 0 Å². The molecule has 3 aliphatic rings. The van der Waals surface area contributed by atoms with Gasteiger partial charge in [0.05, 0.1) is 0 Å². The molecule has 0 saturated heterocycles. The lowest BCUT2D eigenvalue weighted by molar-refractivity contribution is 0.619. The molecule has 0 spiro atoms. The van der Waals surface area contributed by atoms with Crippen molar-refractivity contribution < 1.29 is 4.39 Å². The Hall–Kier alpha value is -2.81. The summed E-state index contributed by atoms with van der Waals surface area (Å²) >= 11 is 0. The van der Waals surface area contributed by atoms with Crippen molar-refractivity contribution in [1.29, 1.82) is 0 Å². The minimum atomic E-state index is -0.204. The van der Waals surface area contributed by atoms with Crippen molar-refractivity contribution in [3.63, 3.8) is 0 Å². The molecule has 0 saturated carbocycles. The summed E-state index contributed by atoms with van der Waals surface area (Å²) in [5.41, 5.74) is 20.8. The van der Waals surface area contributed by atoms with Crippen LogP contribution in [0.1, 0.15) is 45.2 Å². The molecule has 3 aliphatic carbocycles. The number of hydrogen-bond donors (Lipinski definition) is 2. The maximum absolute atomic E-state index is 13.9. The predicted molar refractivity (Wildman–Crippen MR) is 90.0 cm³/mol. The number of hydrogen-bond acceptors (Lipinski definition) is 2. The van der Waals surface area contributed by atoms with Crippen LogP contribution in [0.15, 0.2) is 54.6 Å². The molecule has 0 aliphatic heterocycles. The molecule has 2 nitrogen and oxygen atoms in total. The Balaban J connectivity index is 1.92. The van der Waals surface area contributed by atoms with E-state index in [1.165, 1.54) is 22.8 Å². The Bertz CT molecular complexity index is 975. The molecule has 2 bridgehead atoms. The van der Waals surface area contributed by atoms with Gasteiger partial charge in [0.1, 0.15) is 5.82 Å². The highest BCUT2D eigenvalue weighted by Gasteiger charge is 2.42. The Morgan fingerprint density at radius 3 is 2.30 bits per heavy atom. The molecule has 2 atom stereocenters. The van der Waals surface area contributed by atoms with Gasteiger partial charge in [0, 0.05) is 23.2 Å². The minimum Gasteiger partial charge on any atom is -0.399 e. The molecule has 3 aromatic carbocycles. The standard InChI is InChI=1S/C20H15FN2/c21-10-4-6-12-15(8-10)19-13-7-5-11(22)9-16(13)18(12)14-2-1-3-17(23)20(14)19/h1-9,18-19H,22-23H2. The van der Waals surface area contributed by atoms with E-state index in [0.717, 1.165) is 28.1 Å². The van der Waals surface area contributed by atoms with Crippen LogP contribution in [-0.2, 0) is 0 Å². The zero-order chi connectivity index (χ0) is 15.7. The van der Waals surface area contributed by atoms with Crippen LogP contribution >= 0.6 is 0 Å². The molecule has 23 heavy (non-hydrogen) atoms. The van der Waals surface area contributed by atoms with Crippen LogP contribution in [0.2, 0.25) is 0 Å². The number of nitrogen functional groups attached to an aromatic ring is 2. The lowest BCUT2D eigenvalue weighted by Crippen LogP contribution is -2.28. The first-order valence-electron chi connectivity index (χ1n) is 7.72. The van der Waals surface area contributed by atoms with Crippen LogP contribution in [0.3, 0.4) is 0 Å². The lowest BCUT2D eigenvalue weighted by atomic mass is 9.60. The van der Waals surface area contributed by atoms with E-state index in [4.69, 9.17) is 11.5 Å². The van der Waals surface area contributed by atoms with Gasteiger partial charge in [0.25, 0.3) is 0 Å². The second kappa shape index (κ2) is 4.13. The molecule has 0 amide bonds. The quantitative estimate of drug-likeness (QED) is 0.425. The smallest absolute Gasteiger partial charge is 0.123 e. The van der Waals surface area contributed by atoms with Crippen molar-refractivity contribution in [3.8, 4) is 0 Å². The van der Waals surface area contributed by atoms with Gasteiger partial charge in [-0.3, -0.25) is 0 Å². The third-order valence-electron chi connectivity index (χ3n) is 5.18. The van der Waals surface area contributed by atoms with E-state index in [0.29, 0.717) is 0 Å². The summed E-state index contributed by atoms with van der Waals surface area (Å²) < 4.78 is 13.9. The minimum absolute atomic E-state index is 0.0162. The maximum atomic E-state index is 13.9. The summed E-state index contributed by atoms with van der Waals surface area (Å²) in [6.07, 6.45) is 0. The molecule has 2 unspecified atom stereocenters. The maximum Gasteiger partial charge on any atom is 0.123 e. The topological polar surface area (TPSA) is 52.0 Å².